The Morgan fingerprint density at radius 3 is 2.38 bits per heavy atom. The first kappa shape index (κ1) is 12.0. The molecular weight excluding hydrogens is 177 g/mol. The molecule has 0 aliphatic rings. The van der Waals surface area contributed by atoms with E-state index in [9.17, 15) is 13.2 Å². The quantitative estimate of drug-likeness (QED) is 0.587. The Labute approximate surface area is 76.5 Å². The molecular formula is C10H13F3. The number of hydrogen-bond acceptors (Lipinski definition) is 0. The van der Waals surface area contributed by atoms with E-state index in [1.54, 1.807) is 6.08 Å². The zero-order valence-corrected chi connectivity index (χ0v) is 7.56. The van der Waals surface area contributed by atoms with Gasteiger partial charge in [0.05, 0.1) is 6.42 Å². The lowest BCUT2D eigenvalue weighted by Crippen LogP contribution is -2.07. The molecule has 74 valence electrons. The Morgan fingerprint density at radius 2 is 2.00 bits per heavy atom. The van der Waals surface area contributed by atoms with Gasteiger partial charge in [0.1, 0.15) is 0 Å². The highest BCUT2D eigenvalue weighted by Gasteiger charge is 2.27. The summed E-state index contributed by atoms with van der Waals surface area (Å²) in [6.07, 6.45) is 1.60. The molecule has 0 saturated carbocycles. The van der Waals surface area contributed by atoms with Gasteiger partial charge < -0.3 is 0 Å². The lowest BCUT2D eigenvalue weighted by atomic mass is 10.1. The number of halogens is 3. The summed E-state index contributed by atoms with van der Waals surface area (Å²) < 4.78 is 35.8. The van der Waals surface area contributed by atoms with Gasteiger partial charge in [0.25, 0.3) is 0 Å². The van der Waals surface area contributed by atoms with Crippen molar-refractivity contribution in [3.05, 3.63) is 36.5 Å². The molecule has 0 bridgehead atoms. The minimum absolute atomic E-state index is 0.240. The van der Waals surface area contributed by atoms with Gasteiger partial charge in [-0.15, -0.1) is 0 Å². The fourth-order valence-corrected chi connectivity index (χ4v) is 0.825. The summed E-state index contributed by atoms with van der Waals surface area (Å²) in [6.45, 7) is 5.23. The molecule has 13 heavy (non-hydrogen) atoms. The Bertz CT molecular complexity index is 209. The van der Waals surface area contributed by atoms with E-state index < -0.39 is 12.6 Å². The van der Waals surface area contributed by atoms with Crippen LogP contribution in [0.25, 0.3) is 0 Å². The van der Waals surface area contributed by atoms with Gasteiger partial charge in [-0.3, -0.25) is 0 Å². The first-order valence-corrected chi connectivity index (χ1v) is 4.04. The van der Waals surface area contributed by atoms with Crippen molar-refractivity contribution in [3.8, 4) is 0 Å². The van der Waals surface area contributed by atoms with Gasteiger partial charge in [-0.05, 0) is 12.0 Å². The first-order valence-electron chi connectivity index (χ1n) is 4.04. The van der Waals surface area contributed by atoms with Crippen LogP contribution in [0.3, 0.4) is 0 Å². The molecule has 0 spiro atoms. The third-order valence-electron chi connectivity index (χ3n) is 1.30. The molecule has 3 heteroatoms. The van der Waals surface area contributed by atoms with Gasteiger partial charge >= 0.3 is 6.18 Å². The van der Waals surface area contributed by atoms with Crippen molar-refractivity contribution in [2.75, 3.05) is 0 Å². The molecule has 0 aliphatic carbocycles. The molecule has 0 N–H and O–H groups in total. The molecule has 0 fully saturated rings. The molecule has 0 unspecified atom stereocenters. The fourth-order valence-electron chi connectivity index (χ4n) is 0.825. The Kier molecular flexibility index (Phi) is 5.19. The SMILES string of the molecule is C=C/C=C(\C=C\CC)CC(F)(F)F. The normalized spacial score (nSPS) is 13.7. The average Bonchev–Trinajstić information content (AvgIpc) is 1.98. The molecule has 0 aliphatic heterocycles. The minimum atomic E-state index is -4.15. The molecule has 0 radical (unpaired) electrons. The van der Waals surface area contributed by atoms with Crippen LogP contribution in [-0.2, 0) is 0 Å². The summed E-state index contributed by atoms with van der Waals surface area (Å²) in [4.78, 5) is 0. The van der Waals surface area contributed by atoms with Gasteiger partial charge in [-0.1, -0.05) is 37.8 Å². The second-order valence-electron chi connectivity index (χ2n) is 2.58. The third kappa shape index (κ3) is 7.37. The van der Waals surface area contributed by atoms with E-state index in [1.165, 1.54) is 18.2 Å². The zero-order chi connectivity index (χ0) is 10.3. The molecule has 0 aromatic rings. The van der Waals surface area contributed by atoms with Crippen molar-refractivity contribution in [3.63, 3.8) is 0 Å². The van der Waals surface area contributed by atoms with Crippen LogP contribution in [-0.4, -0.2) is 6.18 Å². The Balaban J connectivity index is 4.36. The van der Waals surface area contributed by atoms with Gasteiger partial charge in [0, 0.05) is 0 Å². The summed E-state index contributed by atoms with van der Waals surface area (Å²) in [5.41, 5.74) is 0.240. The molecule has 0 nitrogen and oxygen atoms in total. The maximum atomic E-state index is 11.9. The smallest absolute Gasteiger partial charge is 0.171 e. The van der Waals surface area contributed by atoms with E-state index in [2.05, 4.69) is 6.58 Å². The van der Waals surface area contributed by atoms with Gasteiger partial charge in [0.15, 0.2) is 0 Å². The second kappa shape index (κ2) is 5.62. The first-order chi connectivity index (χ1) is 5.99. The molecule has 0 rings (SSSR count). The van der Waals surface area contributed by atoms with Gasteiger partial charge in [-0.2, -0.15) is 13.2 Å². The molecule has 0 aromatic carbocycles. The van der Waals surface area contributed by atoms with E-state index in [0.717, 1.165) is 6.42 Å². The minimum Gasteiger partial charge on any atom is -0.171 e. The summed E-state index contributed by atoms with van der Waals surface area (Å²) >= 11 is 0. The highest BCUT2D eigenvalue weighted by Crippen LogP contribution is 2.25. The summed E-state index contributed by atoms with van der Waals surface area (Å²) in [5.74, 6) is 0. The van der Waals surface area contributed by atoms with Crippen LogP contribution in [0.1, 0.15) is 19.8 Å². The number of alkyl halides is 3. The number of hydrogen-bond donors (Lipinski definition) is 0. The van der Waals surface area contributed by atoms with Crippen LogP contribution in [0.5, 0.6) is 0 Å². The van der Waals surface area contributed by atoms with Crippen molar-refractivity contribution < 1.29 is 13.2 Å². The largest absolute Gasteiger partial charge is 0.393 e. The third-order valence-corrected chi connectivity index (χ3v) is 1.30. The maximum absolute atomic E-state index is 11.9. The second-order valence-corrected chi connectivity index (χ2v) is 2.58. The molecule has 0 aromatic heterocycles. The highest BCUT2D eigenvalue weighted by molar-refractivity contribution is 5.23. The summed E-state index contributed by atoms with van der Waals surface area (Å²) in [6, 6.07) is 0. The van der Waals surface area contributed by atoms with E-state index >= 15 is 0 Å². The predicted molar refractivity (Wildman–Crippen MR) is 48.4 cm³/mol. The standard InChI is InChI=1S/C10H13F3/c1-3-5-7-9(6-4-2)8-10(11,12)13/h4-7H,2-3,8H2,1H3/b7-5+,9-6+. The van der Waals surface area contributed by atoms with E-state index in [-0.39, 0.29) is 5.57 Å². The monoisotopic (exact) mass is 190 g/mol. The topological polar surface area (TPSA) is 0 Å². The van der Waals surface area contributed by atoms with E-state index in [4.69, 9.17) is 0 Å². The van der Waals surface area contributed by atoms with Crippen molar-refractivity contribution in [1.29, 1.82) is 0 Å². The number of rotatable bonds is 4. The Morgan fingerprint density at radius 1 is 1.38 bits per heavy atom. The van der Waals surface area contributed by atoms with E-state index in [0.29, 0.717) is 0 Å². The maximum Gasteiger partial charge on any atom is 0.393 e. The van der Waals surface area contributed by atoms with Crippen LogP contribution in [0.4, 0.5) is 13.2 Å². The van der Waals surface area contributed by atoms with Crippen LogP contribution in [0, 0.1) is 0 Å². The Hall–Kier alpha value is -0.990. The van der Waals surface area contributed by atoms with Crippen molar-refractivity contribution in [1.82, 2.24) is 0 Å². The predicted octanol–water partition coefficient (Wildman–Crippen LogP) is 4.02. The van der Waals surface area contributed by atoms with E-state index in [1.807, 2.05) is 6.92 Å². The van der Waals surface area contributed by atoms with Gasteiger partial charge in [0.2, 0.25) is 0 Å². The lowest BCUT2D eigenvalue weighted by molar-refractivity contribution is -0.126. The number of allylic oxidation sites excluding steroid dienone is 5. The molecule has 0 amide bonds. The van der Waals surface area contributed by atoms with Crippen LogP contribution >= 0.6 is 0 Å². The van der Waals surface area contributed by atoms with Crippen LogP contribution in [0.2, 0.25) is 0 Å². The highest BCUT2D eigenvalue weighted by atomic mass is 19.4. The lowest BCUT2D eigenvalue weighted by Gasteiger charge is -2.05. The van der Waals surface area contributed by atoms with Crippen molar-refractivity contribution >= 4 is 0 Å². The van der Waals surface area contributed by atoms with Crippen LogP contribution < -0.4 is 0 Å². The molecule has 0 atom stereocenters. The summed E-state index contributed by atoms with van der Waals surface area (Å²) in [5, 5.41) is 0. The molecule has 0 saturated heterocycles. The fraction of sp³-hybridized carbons (Fsp3) is 0.400. The average molecular weight is 190 g/mol. The summed E-state index contributed by atoms with van der Waals surface area (Å²) in [7, 11) is 0. The van der Waals surface area contributed by atoms with Crippen molar-refractivity contribution in [2.45, 2.75) is 25.9 Å². The zero-order valence-electron chi connectivity index (χ0n) is 7.56. The van der Waals surface area contributed by atoms with Crippen molar-refractivity contribution in [2.24, 2.45) is 0 Å². The van der Waals surface area contributed by atoms with Gasteiger partial charge in [-0.25, -0.2) is 0 Å². The van der Waals surface area contributed by atoms with Crippen LogP contribution in [0.15, 0.2) is 36.5 Å². The molecule has 0 heterocycles.